The van der Waals surface area contributed by atoms with Crippen molar-refractivity contribution in [2.75, 3.05) is 5.32 Å². The number of ether oxygens (including phenoxy) is 1. The van der Waals surface area contributed by atoms with Gasteiger partial charge in [0.05, 0.1) is 5.71 Å². The molecule has 0 fully saturated rings. The molecule has 0 aliphatic rings. The Hall–Kier alpha value is -2.55. The lowest BCUT2D eigenvalue weighted by Gasteiger charge is -2.06. The quantitative estimate of drug-likeness (QED) is 0.385. The van der Waals surface area contributed by atoms with Crippen LogP contribution in [0.5, 0.6) is 5.75 Å². The maximum absolute atomic E-state index is 11.3. The normalized spacial score (nSPS) is 9.00. The van der Waals surface area contributed by atoms with Crippen LogP contribution in [0.15, 0.2) is 23.4 Å². The summed E-state index contributed by atoms with van der Waals surface area (Å²) in [6.45, 7) is 5.20. The number of hydrogen-bond acceptors (Lipinski definition) is 5. The van der Waals surface area contributed by atoms with Crippen molar-refractivity contribution in [1.29, 1.82) is 5.26 Å². The average Bonchev–Trinajstić information content (AvgIpc) is 2.31. The van der Waals surface area contributed by atoms with Crippen LogP contribution in [0.25, 0.3) is 0 Å². The number of benzene rings is 1. The molecule has 94 valence electrons. The van der Waals surface area contributed by atoms with Crippen LogP contribution in [0.4, 0.5) is 10.5 Å². The largest absolute Gasteiger partial charge is 0.437 e. The molecule has 0 aromatic heterocycles. The van der Waals surface area contributed by atoms with E-state index >= 15 is 0 Å². The third-order valence-electron chi connectivity index (χ3n) is 1.90. The van der Waals surface area contributed by atoms with E-state index in [9.17, 15) is 4.79 Å². The summed E-state index contributed by atoms with van der Waals surface area (Å²) < 4.78 is 4.74. The summed E-state index contributed by atoms with van der Waals surface area (Å²) >= 11 is 0. The summed E-state index contributed by atoms with van der Waals surface area (Å²) in [6.07, 6.45) is 0.874. The van der Waals surface area contributed by atoms with Crippen LogP contribution in [-0.2, 0) is 4.84 Å². The van der Waals surface area contributed by atoms with Crippen molar-refractivity contribution in [2.24, 2.45) is 5.16 Å². The molecule has 0 aliphatic carbocycles. The molecule has 0 spiro atoms. The molecule has 1 aromatic carbocycles. The highest BCUT2D eigenvalue weighted by molar-refractivity contribution is 5.86. The third-order valence-corrected chi connectivity index (χ3v) is 1.90. The molecule has 0 bridgehead atoms. The Bertz CT molecular complexity index is 514. The predicted molar refractivity (Wildman–Crippen MR) is 66.3 cm³/mol. The van der Waals surface area contributed by atoms with Crippen molar-refractivity contribution < 1.29 is 14.4 Å². The fourth-order valence-corrected chi connectivity index (χ4v) is 1.11. The van der Waals surface area contributed by atoms with Crippen LogP contribution in [0.3, 0.4) is 0 Å². The molecular weight excluding hydrogens is 234 g/mol. The molecule has 0 saturated carbocycles. The molecule has 6 nitrogen and oxygen atoms in total. The minimum absolute atomic E-state index is 0.380. The number of nitrogens with one attached hydrogen (secondary N) is 1. The van der Waals surface area contributed by atoms with Crippen molar-refractivity contribution in [2.45, 2.75) is 20.8 Å². The second kappa shape index (κ2) is 6.25. The van der Waals surface area contributed by atoms with Gasteiger partial charge in [-0.1, -0.05) is 11.2 Å². The standard InChI is InChI=1S/C12H13N3O3/c1-8(2)15-18-12(16)14-10-5-4-9(3)11(6-10)17-7-13/h4-6H,1-3H3,(H,14,16). The highest BCUT2D eigenvalue weighted by Crippen LogP contribution is 2.22. The van der Waals surface area contributed by atoms with E-state index in [4.69, 9.17) is 10.00 Å². The number of oxime groups is 1. The van der Waals surface area contributed by atoms with Crippen molar-refractivity contribution in [3.8, 4) is 12.0 Å². The van der Waals surface area contributed by atoms with E-state index in [-0.39, 0.29) is 0 Å². The number of aryl methyl sites for hydroxylation is 1. The highest BCUT2D eigenvalue weighted by Gasteiger charge is 2.06. The predicted octanol–water partition coefficient (Wildman–Crippen LogP) is 2.80. The number of nitrogens with zero attached hydrogens (tertiary/aromatic N) is 2. The van der Waals surface area contributed by atoms with Gasteiger partial charge in [-0.25, -0.2) is 4.79 Å². The van der Waals surface area contributed by atoms with Crippen LogP contribution in [0.2, 0.25) is 0 Å². The van der Waals surface area contributed by atoms with Gasteiger partial charge in [-0.05, 0) is 32.4 Å². The smallest absolute Gasteiger partial charge is 0.388 e. The number of hydrogen-bond donors (Lipinski definition) is 1. The fraction of sp³-hybridized carbons (Fsp3) is 0.250. The van der Waals surface area contributed by atoms with Gasteiger partial charge in [0, 0.05) is 11.8 Å². The topological polar surface area (TPSA) is 83.7 Å². The third kappa shape index (κ3) is 4.14. The Morgan fingerprint density at radius 1 is 1.44 bits per heavy atom. The fourth-order valence-electron chi connectivity index (χ4n) is 1.11. The molecule has 18 heavy (non-hydrogen) atoms. The average molecular weight is 247 g/mol. The van der Waals surface area contributed by atoms with E-state index < -0.39 is 6.09 Å². The Morgan fingerprint density at radius 3 is 2.78 bits per heavy atom. The van der Waals surface area contributed by atoms with Crippen LogP contribution < -0.4 is 10.1 Å². The molecule has 0 unspecified atom stereocenters. The summed E-state index contributed by atoms with van der Waals surface area (Å²) in [5.74, 6) is 0.380. The van der Waals surface area contributed by atoms with E-state index in [1.165, 1.54) is 6.07 Å². The maximum atomic E-state index is 11.3. The van der Waals surface area contributed by atoms with E-state index in [0.29, 0.717) is 17.1 Å². The molecule has 0 radical (unpaired) electrons. The monoisotopic (exact) mass is 247 g/mol. The summed E-state index contributed by atoms with van der Waals surface area (Å²) in [7, 11) is 0. The zero-order valence-electron chi connectivity index (χ0n) is 10.4. The number of amides is 1. The molecule has 0 heterocycles. The second-order valence-corrected chi connectivity index (χ2v) is 3.72. The molecule has 6 heteroatoms. The Morgan fingerprint density at radius 2 is 2.17 bits per heavy atom. The number of anilines is 1. The first-order chi connectivity index (χ1) is 8.52. The molecule has 1 aromatic rings. The Labute approximate surface area is 105 Å². The van der Waals surface area contributed by atoms with Gasteiger partial charge in [-0.3, -0.25) is 10.2 Å². The van der Waals surface area contributed by atoms with E-state index in [1.54, 1.807) is 39.2 Å². The summed E-state index contributed by atoms with van der Waals surface area (Å²) in [4.78, 5) is 15.9. The lowest BCUT2D eigenvalue weighted by atomic mass is 10.2. The van der Waals surface area contributed by atoms with Crippen molar-refractivity contribution in [1.82, 2.24) is 0 Å². The molecule has 1 N–H and O–H groups in total. The second-order valence-electron chi connectivity index (χ2n) is 3.72. The molecule has 0 aliphatic heterocycles. The zero-order valence-corrected chi connectivity index (χ0v) is 10.4. The maximum Gasteiger partial charge on any atom is 0.437 e. The van der Waals surface area contributed by atoms with Gasteiger partial charge in [0.1, 0.15) is 5.75 Å². The molecule has 0 saturated heterocycles. The van der Waals surface area contributed by atoms with Crippen molar-refractivity contribution >= 4 is 17.5 Å². The van der Waals surface area contributed by atoms with E-state index in [2.05, 4.69) is 15.3 Å². The number of carbonyl (C=O) groups is 1. The van der Waals surface area contributed by atoms with Gasteiger partial charge in [0.25, 0.3) is 6.26 Å². The van der Waals surface area contributed by atoms with E-state index in [1.807, 2.05) is 0 Å². The Balaban J connectivity index is 2.74. The molecule has 1 rings (SSSR count). The Kier molecular flexibility index (Phi) is 4.69. The van der Waals surface area contributed by atoms with E-state index in [0.717, 1.165) is 5.56 Å². The van der Waals surface area contributed by atoms with Crippen LogP contribution >= 0.6 is 0 Å². The molecule has 0 atom stereocenters. The van der Waals surface area contributed by atoms with Crippen molar-refractivity contribution in [3.63, 3.8) is 0 Å². The van der Waals surface area contributed by atoms with Crippen LogP contribution in [-0.4, -0.2) is 11.8 Å². The summed E-state index contributed by atoms with van der Waals surface area (Å²) in [6, 6.07) is 4.92. The number of rotatable bonds is 3. The summed E-state index contributed by atoms with van der Waals surface area (Å²) in [5, 5.41) is 14.4. The SMILES string of the molecule is CC(C)=NOC(=O)Nc1ccc(C)c(OC#N)c1. The van der Waals surface area contributed by atoms with Gasteiger partial charge < -0.3 is 4.74 Å². The van der Waals surface area contributed by atoms with Gasteiger partial charge in [-0.2, -0.15) is 0 Å². The number of carbonyl (C=O) groups excluding carboxylic acids is 1. The first-order valence-electron chi connectivity index (χ1n) is 5.18. The van der Waals surface area contributed by atoms with Crippen LogP contribution in [0, 0.1) is 18.4 Å². The zero-order chi connectivity index (χ0) is 13.5. The summed E-state index contributed by atoms with van der Waals surface area (Å²) in [5.41, 5.74) is 1.88. The number of nitriles is 1. The van der Waals surface area contributed by atoms with Crippen LogP contribution in [0.1, 0.15) is 19.4 Å². The molecular formula is C12H13N3O3. The lowest BCUT2D eigenvalue weighted by Crippen LogP contribution is -2.11. The minimum Gasteiger partial charge on any atom is -0.388 e. The van der Waals surface area contributed by atoms with Gasteiger partial charge >= 0.3 is 6.09 Å². The van der Waals surface area contributed by atoms with Gasteiger partial charge in [-0.15, -0.1) is 5.26 Å². The first-order valence-corrected chi connectivity index (χ1v) is 5.18. The highest BCUT2D eigenvalue weighted by atomic mass is 16.7. The minimum atomic E-state index is -0.706. The molecule has 1 amide bonds. The first kappa shape index (κ1) is 13.5. The van der Waals surface area contributed by atoms with Gasteiger partial charge in [0.15, 0.2) is 0 Å². The van der Waals surface area contributed by atoms with Crippen molar-refractivity contribution in [3.05, 3.63) is 23.8 Å². The van der Waals surface area contributed by atoms with Gasteiger partial charge in [0.2, 0.25) is 0 Å². The lowest BCUT2D eigenvalue weighted by molar-refractivity contribution is 0.166.